The Morgan fingerprint density at radius 1 is 1.13 bits per heavy atom. The zero-order valence-electron chi connectivity index (χ0n) is 13.1. The summed E-state index contributed by atoms with van der Waals surface area (Å²) in [7, 11) is -3.59. The molecular weight excluding hydrogens is 376 g/mol. The second-order valence-electron chi connectivity index (χ2n) is 5.40. The van der Waals surface area contributed by atoms with Gasteiger partial charge in [0.1, 0.15) is 0 Å². The third-order valence-electron chi connectivity index (χ3n) is 3.52. The first-order chi connectivity index (χ1) is 10.9. The first-order valence-electron chi connectivity index (χ1n) is 7.45. The van der Waals surface area contributed by atoms with Crippen molar-refractivity contribution in [3.63, 3.8) is 0 Å². The van der Waals surface area contributed by atoms with Gasteiger partial charge in [-0.2, -0.15) is 4.31 Å². The van der Waals surface area contributed by atoms with Crippen LogP contribution in [-0.2, 0) is 16.6 Å². The molecule has 2 rings (SSSR count). The van der Waals surface area contributed by atoms with Gasteiger partial charge in [-0.05, 0) is 59.1 Å². The number of halogens is 1. The lowest BCUT2D eigenvalue weighted by Crippen LogP contribution is -2.33. The van der Waals surface area contributed by atoms with Gasteiger partial charge in [-0.15, -0.1) is 0 Å². The highest BCUT2D eigenvalue weighted by atomic mass is 79.9. The average molecular weight is 397 g/mol. The van der Waals surface area contributed by atoms with Gasteiger partial charge in [-0.3, -0.25) is 0 Å². The molecule has 6 heteroatoms. The Morgan fingerprint density at radius 2 is 1.83 bits per heavy atom. The van der Waals surface area contributed by atoms with Crippen molar-refractivity contribution >= 4 is 26.0 Å². The van der Waals surface area contributed by atoms with E-state index >= 15 is 0 Å². The average Bonchev–Trinajstić information content (AvgIpc) is 2.54. The Morgan fingerprint density at radius 3 is 2.48 bits per heavy atom. The lowest BCUT2D eigenvalue weighted by atomic mass is 10.2. The molecule has 0 heterocycles. The fourth-order valence-corrected chi connectivity index (χ4v) is 4.76. The molecule has 0 aliphatic rings. The fourth-order valence-electron chi connectivity index (χ4n) is 2.29. The molecule has 0 unspecified atom stereocenters. The number of benzene rings is 2. The van der Waals surface area contributed by atoms with E-state index in [0.29, 0.717) is 35.4 Å². The van der Waals surface area contributed by atoms with E-state index in [1.165, 1.54) is 4.31 Å². The van der Waals surface area contributed by atoms with Crippen molar-refractivity contribution in [2.24, 2.45) is 5.73 Å². The van der Waals surface area contributed by atoms with E-state index in [0.717, 1.165) is 11.1 Å². The van der Waals surface area contributed by atoms with Gasteiger partial charge in [-0.1, -0.05) is 36.4 Å². The predicted octanol–water partition coefficient (Wildman–Crippen LogP) is 3.30. The van der Waals surface area contributed by atoms with Gasteiger partial charge in [0, 0.05) is 17.6 Å². The standard InChI is InChI=1S/C17H21BrN2O2S/c1-14-8-9-16(18)17(12-14)23(21,22)20(11-5-10-19)13-15-6-3-2-4-7-15/h2-4,6-9,12H,5,10-11,13,19H2,1H3. The summed E-state index contributed by atoms with van der Waals surface area (Å²) in [4.78, 5) is 0.297. The van der Waals surface area contributed by atoms with Gasteiger partial charge in [0.25, 0.3) is 0 Å². The molecule has 0 fully saturated rings. The van der Waals surface area contributed by atoms with Crippen molar-refractivity contribution in [2.75, 3.05) is 13.1 Å². The molecule has 0 atom stereocenters. The quantitative estimate of drug-likeness (QED) is 0.780. The molecule has 0 aliphatic carbocycles. The molecule has 0 aliphatic heterocycles. The lowest BCUT2D eigenvalue weighted by Gasteiger charge is -2.23. The van der Waals surface area contributed by atoms with Crippen LogP contribution in [-0.4, -0.2) is 25.8 Å². The molecule has 2 aromatic carbocycles. The van der Waals surface area contributed by atoms with E-state index in [9.17, 15) is 8.42 Å². The van der Waals surface area contributed by atoms with Crippen LogP contribution in [0.5, 0.6) is 0 Å². The Labute approximate surface area is 146 Å². The summed E-state index contributed by atoms with van der Waals surface area (Å²) in [5, 5.41) is 0. The maximum absolute atomic E-state index is 13.1. The van der Waals surface area contributed by atoms with Crippen LogP contribution in [0.15, 0.2) is 57.9 Å². The van der Waals surface area contributed by atoms with Crippen LogP contribution in [0.25, 0.3) is 0 Å². The SMILES string of the molecule is Cc1ccc(Br)c(S(=O)(=O)N(CCCN)Cc2ccccc2)c1. The van der Waals surface area contributed by atoms with Crippen molar-refractivity contribution in [1.29, 1.82) is 0 Å². The molecule has 23 heavy (non-hydrogen) atoms. The minimum absolute atomic E-state index is 0.297. The molecule has 0 bridgehead atoms. The van der Waals surface area contributed by atoms with E-state index in [2.05, 4.69) is 15.9 Å². The molecule has 0 saturated heterocycles. The minimum Gasteiger partial charge on any atom is -0.330 e. The Kier molecular flexibility index (Phi) is 6.35. The van der Waals surface area contributed by atoms with Crippen molar-refractivity contribution in [3.05, 3.63) is 64.1 Å². The first kappa shape index (κ1) is 18.1. The lowest BCUT2D eigenvalue weighted by molar-refractivity contribution is 0.401. The summed E-state index contributed by atoms with van der Waals surface area (Å²) in [5.74, 6) is 0. The van der Waals surface area contributed by atoms with Crippen molar-refractivity contribution < 1.29 is 8.42 Å². The molecule has 2 N–H and O–H groups in total. The third kappa shape index (κ3) is 4.64. The van der Waals surface area contributed by atoms with Crippen molar-refractivity contribution in [1.82, 2.24) is 4.31 Å². The number of rotatable bonds is 7. The molecule has 124 valence electrons. The second kappa shape index (κ2) is 8.06. The number of hydrogen-bond acceptors (Lipinski definition) is 3. The van der Waals surface area contributed by atoms with Gasteiger partial charge in [0.2, 0.25) is 10.0 Å². The van der Waals surface area contributed by atoms with Gasteiger partial charge in [0.05, 0.1) is 4.90 Å². The van der Waals surface area contributed by atoms with Gasteiger partial charge >= 0.3 is 0 Å². The molecule has 4 nitrogen and oxygen atoms in total. The highest BCUT2D eigenvalue weighted by Crippen LogP contribution is 2.27. The highest BCUT2D eigenvalue weighted by molar-refractivity contribution is 9.10. The van der Waals surface area contributed by atoms with E-state index in [1.807, 2.05) is 43.3 Å². The van der Waals surface area contributed by atoms with Crippen LogP contribution in [0.4, 0.5) is 0 Å². The zero-order chi connectivity index (χ0) is 16.9. The highest BCUT2D eigenvalue weighted by Gasteiger charge is 2.26. The maximum atomic E-state index is 13.1. The first-order valence-corrected chi connectivity index (χ1v) is 9.69. The molecule has 0 saturated carbocycles. The molecule has 0 amide bonds. The summed E-state index contributed by atoms with van der Waals surface area (Å²) in [6, 6.07) is 14.9. The van der Waals surface area contributed by atoms with E-state index < -0.39 is 10.0 Å². The van der Waals surface area contributed by atoms with Gasteiger partial charge in [0.15, 0.2) is 0 Å². The topological polar surface area (TPSA) is 63.4 Å². The molecule has 2 aromatic rings. The van der Waals surface area contributed by atoms with Crippen LogP contribution in [0.2, 0.25) is 0 Å². The van der Waals surface area contributed by atoms with Crippen LogP contribution >= 0.6 is 15.9 Å². The maximum Gasteiger partial charge on any atom is 0.244 e. The second-order valence-corrected chi connectivity index (χ2v) is 8.16. The smallest absolute Gasteiger partial charge is 0.244 e. The van der Waals surface area contributed by atoms with Crippen LogP contribution in [0.3, 0.4) is 0 Å². The van der Waals surface area contributed by atoms with Crippen molar-refractivity contribution in [2.45, 2.75) is 24.8 Å². The van der Waals surface area contributed by atoms with Crippen LogP contribution in [0, 0.1) is 6.92 Å². The van der Waals surface area contributed by atoms with Crippen LogP contribution in [0.1, 0.15) is 17.5 Å². The number of hydrogen-bond donors (Lipinski definition) is 1. The summed E-state index contributed by atoms with van der Waals surface area (Å²) < 4.78 is 28.2. The predicted molar refractivity (Wildman–Crippen MR) is 96.6 cm³/mol. The number of nitrogens with two attached hydrogens (primary N) is 1. The largest absolute Gasteiger partial charge is 0.330 e. The minimum atomic E-state index is -3.59. The van der Waals surface area contributed by atoms with Gasteiger partial charge < -0.3 is 5.73 Å². The molecule has 0 aromatic heterocycles. The zero-order valence-corrected chi connectivity index (χ0v) is 15.5. The van der Waals surface area contributed by atoms with Crippen molar-refractivity contribution in [3.8, 4) is 0 Å². The van der Waals surface area contributed by atoms with Crippen LogP contribution < -0.4 is 5.73 Å². The Bertz CT molecular complexity index is 748. The third-order valence-corrected chi connectivity index (χ3v) is 6.36. The Balaban J connectivity index is 2.38. The molecule has 0 spiro atoms. The number of nitrogens with zero attached hydrogens (tertiary/aromatic N) is 1. The number of aryl methyl sites for hydroxylation is 1. The van der Waals surface area contributed by atoms with E-state index in [1.54, 1.807) is 12.1 Å². The summed E-state index contributed by atoms with van der Waals surface area (Å²) in [6.45, 7) is 3.07. The summed E-state index contributed by atoms with van der Waals surface area (Å²) in [6.07, 6.45) is 0.621. The fraction of sp³-hybridized carbons (Fsp3) is 0.294. The Hall–Kier alpha value is -1.21. The summed E-state index contributed by atoms with van der Waals surface area (Å²) >= 11 is 3.36. The molecule has 0 radical (unpaired) electrons. The monoisotopic (exact) mass is 396 g/mol. The van der Waals surface area contributed by atoms with E-state index in [4.69, 9.17) is 5.73 Å². The molecular formula is C17H21BrN2O2S. The number of sulfonamides is 1. The normalized spacial score (nSPS) is 11.8. The van der Waals surface area contributed by atoms with Gasteiger partial charge in [-0.25, -0.2) is 8.42 Å². The van der Waals surface area contributed by atoms with E-state index in [-0.39, 0.29) is 0 Å². The summed E-state index contributed by atoms with van der Waals surface area (Å²) in [5.41, 5.74) is 7.44.